The van der Waals surface area contributed by atoms with Crippen LogP contribution < -0.4 is 0 Å². The summed E-state index contributed by atoms with van der Waals surface area (Å²) in [5.74, 6) is -1.18. The van der Waals surface area contributed by atoms with Gasteiger partial charge >= 0.3 is 5.97 Å². The Labute approximate surface area is 162 Å². The van der Waals surface area contributed by atoms with Gasteiger partial charge in [0.15, 0.2) is 0 Å². The number of benzene rings is 2. The molecule has 2 aromatic carbocycles. The molecule has 27 heavy (non-hydrogen) atoms. The maximum atomic E-state index is 14.9. The average Bonchev–Trinajstić information content (AvgIpc) is 2.67. The summed E-state index contributed by atoms with van der Waals surface area (Å²) in [6.45, 7) is 4.21. The Bertz CT molecular complexity index is 714. The van der Waals surface area contributed by atoms with E-state index in [0.29, 0.717) is 24.0 Å². The van der Waals surface area contributed by atoms with Crippen molar-refractivity contribution in [2.45, 2.75) is 70.6 Å². The topological polar surface area (TPSA) is 37.3 Å². The van der Waals surface area contributed by atoms with Crippen molar-refractivity contribution in [3.63, 3.8) is 0 Å². The molecule has 0 spiro atoms. The van der Waals surface area contributed by atoms with E-state index in [9.17, 15) is 14.3 Å². The highest BCUT2D eigenvalue weighted by Crippen LogP contribution is 2.38. The number of carbonyl (C=O) groups is 1. The summed E-state index contributed by atoms with van der Waals surface area (Å²) in [5.41, 5.74) is 0.917. The monoisotopic (exact) mass is 370 g/mol. The second kappa shape index (κ2) is 10.2. The van der Waals surface area contributed by atoms with Crippen LogP contribution in [-0.4, -0.2) is 11.1 Å². The van der Waals surface area contributed by atoms with Crippen LogP contribution in [0.25, 0.3) is 11.1 Å². The van der Waals surface area contributed by atoms with Crippen molar-refractivity contribution in [2.75, 3.05) is 0 Å². The predicted molar refractivity (Wildman–Crippen MR) is 109 cm³/mol. The lowest BCUT2D eigenvalue weighted by Gasteiger charge is -2.31. The van der Waals surface area contributed by atoms with Crippen LogP contribution in [0.4, 0.5) is 4.39 Å². The van der Waals surface area contributed by atoms with Crippen LogP contribution in [0.1, 0.15) is 70.8 Å². The summed E-state index contributed by atoms with van der Waals surface area (Å²) in [5, 5.41) is 10.1. The number of carboxylic acids is 1. The van der Waals surface area contributed by atoms with Gasteiger partial charge in [-0.3, -0.25) is 4.79 Å². The fourth-order valence-electron chi connectivity index (χ4n) is 3.77. The Morgan fingerprint density at radius 3 is 2.00 bits per heavy atom. The van der Waals surface area contributed by atoms with Gasteiger partial charge in [-0.25, -0.2) is 4.39 Å². The van der Waals surface area contributed by atoms with Gasteiger partial charge in [0.25, 0.3) is 0 Å². The van der Waals surface area contributed by atoms with E-state index in [1.807, 2.05) is 36.4 Å². The number of carboxylic acid groups (broad SMARTS) is 1. The van der Waals surface area contributed by atoms with Crippen molar-refractivity contribution in [3.05, 3.63) is 59.9 Å². The van der Waals surface area contributed by atoms with Crippen molar-refractivity contribution in [3.8, 4) is 11.1 Å². The molecule has 0 fully saturated rings. The Kier molecular flexibility index (Phi) is 8.02. The van der Waals surface area contributed by atoms with Crippen molar-refractivity contribution in [2.24, 2.45) is 0 Å². The number of rotatable bonds is 11. The molecule has 0 aliphatic carbocycles. The lowest BCUT2D eigenvalue weighted by molar-refractivity contribution is -0.144. The first-order valence-corrected chi connectivity index (χ1v) is 10.1. The highest BCUT2D eigenvalue weighted by atomic mass is 19.1. The summed E-state index contributed by atoms with van der Waals surface area (Å²) in [4.78, 5) is 12.4. The van der Waals surface area contributed by atoms with Gasteiger partial charge in [-0.15, -0.1) is 0 Å². The highest BCUT2D eigenvalue weighted by molar-refractivity contribution is 5.82. The van der Waals surface area contributed by atoms with E-state index in [2.05, 4.69) is 13.8 Å². The third-order valence-corrected chi connectivity index (χ3v) is 5.43. The lowest BCUT2D eigenvalue weighted by atomic mass is 9.72. The fourth-order valence-corrected chi connectivity index (χ4v) is 3.77. The molecule has 0 bridgehead atoms. The summed E-state index contributed by atoms with van der Waals surface area (Å²) in [6, 6.07) is 14.4. The molecular weight excluding hydrogens is 339 g/mol. The van der Waals surface area contributed by atoms with Crippen LogP contribution in [0.2, 0.25) is 0 Å². The number of aliphatic carboxylic acids is 1. The molecule has 2 aromatic rings. The van der Waals surface area contributed by atoms with Crippen LogP contribution in [0, 0.1) is 5.82 Å². The fraction of sp³-hybridized carbons (Fsp3) is 0.458. The Hall–Kier alpha value is -2.16. The second-order valence-corrected chi connectivity index (χ2v) is 7.36. The van der Waals surface area contributed by atoms with Crippen molar-refractivity contribution >= 4 is 5.97 Å². The molecule has 0 amide bonds. The Balaban J connectivity index is 2.41. The minimum absolute atomic E-state index is 0.352. The third kappa shape index (κ3) is 5.18. The molecule has 0 heterocycles. The number of halogens is 1. The highest BCUT2D eigenvalue weighted by Gasteiger charge is 2.39. The van der Waals surface area contributed by atoms with Crippen LogP contribution in [0.15, 0.2) is 48.5 Å². The zero-order valence-corrected chi connectivity index (χ0v) is 16.5. The predicted octanol–water partition coefficient (Wildman–Crippen LogP) is 6.98. The maximum Gasteiger partial charge on any atom is 0.314 e. The van der Waals surface area contributed by atoms with E-state index in [1.165, 1.54) is 6.07 Å². The zero-order valence-electron chi connectivity index (χ0n) is 16.5. The van der Waals surface area contributed by atoms with Crippen molar-refractivity contribution in [1.82, 2.24) is 0 Å². The van der Waals surface area contributed by atoms with Gasteiger partial charge < -0.3 is 5.11 Å². The van der Waals surface area contributed by atoms with E-state index in [4.69, 9.17) is 0 Å². The van der Waals surface area contributed by atoms with E-state index < -0.39 is 11.4 Å². The number of hydrogen-bond acceptors (Lipinski definition) is 1. The third-order valence-electron chi connectivity index (χ3n) is 5.43. The SMILES string of the molecule is CCCCCC(CCCCC)(C(=O)O)c1ccc(-c2ccccc2)c(F)c1. The molecule has 0 atom stereocenters. The molecular formula is C24H31FO2. The van der Waals surface area contributed by atoms with Gasteiger partial charge in [0.1, 0.15) is 5.82 Å². The average molecular weight is 371 g/mol. The molecule has 2 rings (SSSR count). The molecule has 2 nitrogen and oxygen atoms in total. The number of unbranched alkanes of at least 4 members (excludes halogenated alkanes) is 4. The van der Waals surface area contributed by atoms with Crippen LogP contribution in [0.3, 0.4) is 0 Å². The minimum atomic E-state index is -1.000. The first kappa shape index (κ1) is 21.1. The normalized spacial score (nSPS) is 11.5. The van der Waals surface area contributed by atoms with Gasteiger partial charge in [0, 0.05) is 5.56 Å². The lowest BCUT2D eigenvalue weighted by Crippen LogP contribution is -2.36. The zero-order chi connectivity index (χ0) is 19.7. The maximum absolute atomic E-state index is 14.9. The molecule has 0 radical (unpaired) electrons. The second-order valence-electron chi connectivity index (χ2n) is 7.36. The van der Waals surface area contributed by atoms with Gasteiger partial charge in [-0.2, -0.15) is 0 Å². The van der Waals surface area contributed by atoms with Gasteiger partial charge in [0.2, 0.25) is 0 Å². The summed E-state index contributed by atoms with van der Waals surface area (Å²) in [7, 11) is 0. The quantitative estimate of drug-likeness (QED) is 0.433. The van der Waals surface area contributed by atoms with Crippen molar-refractivity contribution < 1.29 is 14.3 Å². The largest absolute Gasteiger partial charge is 0.481 e. The molecule has 0 aliphatic rings. The Morgan fingerprint density at radius 2 is 1.52 bits per heavy atom. The van der Waals surface area contributed by atoms with E-state index in [0.717, 1.165) is 44.1 Å². The molecule has 0 saturated carbocycles. The molecule has 0 saturated heterocycles. The first-order chi connectivity index (χ1) is 13.0. The molecule has 0 aromatic heterocycles. The molecule has 1 N–H and O–H groups in total. The van der Waals surface area contributed by atoms with E-state index in [-0.39, 0.29) is 5.82 Å². The van der Waals surface area contributed by atoms with Crippen molar-refractivity contribution in [1.29, 1.82) is 0 Å². The molecule has 3 heteroatoms. The Morgan fingerprint density at radius 1 is 0.926 bits per heavy atom. The van der Waals surface area contributed by atoms with E-state index >= 15 is 0 Å². The number of hydrogen-bond donors (Lipinski definition) is 1. The van der Waals surface area contributed by atoms with Gasteiger partial charge in [-0.05, 0) is 30.0 Å². The standard InChI is InChI=1S/C24H31FO2/c1-3-5-10-16-24(23(26)27,17-11-6-4-2)20-14-15-21(22(25)18-20)19-12-8-7-9-13-19/h7-9,12-15,18H,3-6,10-11,16-17H2,1-2H3,(H,26,27). The molecule has 0 aliphatic heterocycles. The van der Waals surface area contributed by atoms with Crippen LogP contribution in [-0.2, 0) is 10.2 Å². The van der Waals surface area contributed by atoms with Gasteiger partial charge in [-0.1, -0.05) is 94.8 Å². The molecule has 0 unspecified atom stereocenters. The van der Waals surface area contributed by atoms with E-state index in [1.54, 1.807) is 6.07 Å². The van der Waals surface area contributed by atoms with Crippen LogP contribution in [0.5, 0.6) is 0 Å². The summed E-state index contributed by atoms with van der Waals surface area (Å²) >= 11 is 0. The smallest absolute Gasteiger partial charge is 0.314 e. The summed E-state index contributed by atoms with van der Waals surface area (Å²) < 4.78 is 14.9. The summed E-state index contributed by atoms with van der Waals surface area (Å²) in [6.07, 6.45) is 6.86. The molecule has 146 valence electrons. The minimum Gasteiger partial charge on any atom is -0.481 e. The first-order valence-electron chi connectivity index (χ1n) is 10.1. The van der Waals surface area contributed by atoms with Crippen LogP contribution >= 0.6 is 0 Å². The van der Waals surface area contributed by atoms with Gasteiger partial charge in [0.05, 0.1) is 5.41 Å².